The second-order valence-corrected chi connectivity index (χ2v) is 5.86. The number of benzene rings is 1. The average molecular weight is 274 g/mol. The highest BCUT2D eigenvalue weighted by Gasteiger charge is 2.06. The first-order valence-corrected chi connectivity index (χ1v) is 7.25. The van der Waals surface area contributed by atoms with Gasteiger partial charge in [-0.1, -0.05) is 11.6 Å². The fraction of sp³-hybridized carbons (Fsp3) is 0.273. The van der Waals surface area contributed by atoms with E-state index < -0.39 is 10.1 Å². The van der Waals surface area contributed by atoms with Crippen LogP contribution in [0.3, 0.4) is 0 Å². The Labute approximate surface area is 105 Å². The van der Waals surface area contributed by atoms with Crippen LogP contribution >= 0.6 is 11.6 Å². The lowest BCUT2D eigenvalue weighted by Gasteiger charge is -2.00. The summed E-state index contributed by atoms with van der Waals surface area (Å²) in [4.78, 5) is 3.10. The predicted molar refractivity (Wildman–Crippen MR) is 67.8 cm³/mol. The van der Waals surface area contributed by atoms with Crippen LogP contribution in [0.2, 0.25) is 5.02 Å². The second-order valence-electron chi connectivity index (χ2n) is 3.78. The van der Waals surface area contributed by atoms with Crippen LogP contribution in [-0.4, -0.2) is 26.3 Å². The molecule has 0 saturated carbocycles. The van der Waals surface area contributed by atoms with Crippen molar-refractivity contribution in [1.82, 2.24) is 4.98 Å². The molecule has 0 aliphatic heterocycles. The van der Waals surface area contributed by atoms with Crippen LogP contribution in [0.15, 0.2) is 24.4 Å². The number of nitrogens with one attached hydrogen (secondary N) is 1. The normalized spacial score (nSPS) is 12.1. The molecule has 4 nitrogen and oxygen atoms in total. The standard InChI is InChI=1S/C11H12ClNO3S/c1-17(14,15)16-5-4-8-7-13-11-3-2-9(12)6-10(8)11/h2-3,6-7,13H,4-5H2,1H3. The molecule has 0 aliphatic rings. The van der Waals surface area contributed by atoms with Gasteiger partial charge < -0.3 is 4.98 Å². The molecule has 92 valence electrons. The van der Waals surface area contributed by atoms with Gasteiger partial charge in [-0.25, -0.2) is 0 Å². The molecule has 0 bridgehead atoms. The van der Waals surface area contributed by atoms with Gasteiger partial charge in [0.2, 0.25) is 0 Å². The smallest absolute Gasteiger partial charge is 0.264 e. The number of aromatic amines is 1. The highest BCUT2D eigenvalue weighted by atomic mass is 35.5. The van der Waals surface area contributed by atoms with Crippen molar-refractivity contribution in [2.45, 2.75) is 6.42 Å². The van der Waals surface area contributed by atoms with E-state index in [1.807, 2.05) is 18.3 Å². The molecule has 1 aromatic carbocycles. The summed E-state index contributed by atoms with van der Waals surface area (Å²) in [6.07, 6.45) is 3.40. The molecule has 1 N–H and O–H groups in total. The van der Waals surface area contributed by atoms with Gasteiger partial charge in [0.1, 0.15) is 0 Å². The lowest BCUT2D eigenvalue weighted by molar-refractivity contribution is 0.326. The minimum Gasteiger partial charge on any atom is -0.361 e. The molecule has 6 heteroatoms. The van der Waals surface area contributed by atoms with Crippen molar-refractivity contribution in [1.29, 1.82) is 0 Å². The molecule has 0 fully saturated rings. The third-order valence-electron chi connectivity index (χ3n) is 2.40. The van der Waals surface area contributed by atoms with Gasteiger partial charge in [0.15, 0.2) is 0 Å². The van der Waals surface area contributed by atoms with Crippen LogP contribution in [0.25, 0.3) is 10.9 Å². The maximum Gasteiger partial charge on any atom is 0.264 e. The summed E-state index contributed by atoms with van der Waals surface area (Å²) in [5.41, 5.74) is 1.97. The molecule has 0 saturated heterocycles. The lowest BCUT2D eigenvalue weighted by atomic mass is 10.1. The first-order chi connectivity index (χ1) is 7.96. The summed E-state index contributed by atoms with van der Waals surface area (Å²) in [7, 11) is -3.38. The highest BCUT2D eigenvalue weighted by Crippen LogP contribution is 2.22. The molecular formula is C11H12ClNO3S. The van der Waals surface area contributed by atoms with E-state index in [9.17, 15) is 8.42 Å². The quantitative estimate of drug-likeness (QED) is 0.870. The van der Waals surface area contributed by atoms with Crippen molar-refractivity contribution in [3.63, 3.8) is 0 Å². The van der Waals surface area contributed by atoms with Crippen LogP contribution in [0.1, 0.15) is 5.56 Å². The van der Waals surface area contributed by atoms with E-state index in [0.717, 1.165) is 22.7 Å². The molecule has 2 aromatic rings. The van der Waals surface area contributed by atoms with Crippen LogP contribution in [0.4, 0.5) is 0 Å². The van der Waals surface area contributed by atoms with Crippen molar-refractivity contribution in [3.8, 4) is 0 Å². The average Bonchev–Trinajstić information content (AvgIpc) is 2.59. The predicted octanol–water partition coefficient (Wildman–Crippen LogP) is 2.34. The SMILES string of the molecule is CS(=O)(=O)OCCc1c[nH]c2ccc(Cl)cc12. The minimum absolute atomic E-state index is 0.137. The molecule has 0 spiro atoms. The molecule has 0 radical (unpaired) electrons. The van der Waals surface area contributed by atoms with Crippen LogP contribution in [0, 0.1) is 0 Å². The molecule has 1 aromatic heterocycles. The van der Waals surface area contributed by atoms with Crippen molar-refractivity contribution >= 4 is 32.6 Å². The Morgan fingerprint density at radius 1 is 1.41 bits per heavy atom. The Kier molecular flexibility index (Phi) is 3.42. The summed E-state index contributed by atoms with van der Waals surface area (Å²) < 4.78 is 26.4. The number of halogens is 1. The van der Waals surface area contributed by atoms with E-state index in [-0.39, 0.29) is 6.61 Å². The molecule has 1 heterocycles. The monoisotopic (exact) mass is 273 g/mol. The molecule has 0 aliphatic carbocycles. The van der Waals surface area contributed by atoms with E-state index in [4.69, 9.17) is 15.8 Å². The number of rotatable bonds is 4. The second kappa shape index (κ2) is 4.68. The Morgan fingerprint density at radius 2 is 2.18 bits per heavy atom. The molecule has 0 atom stereocenters. The summed E-state index contributed by atoms with van der Waals surface area (Å²) in [5.74, 6) is 0. The maximum absolute atomic E-state index is 10.8. The van der Waals surface area contributed by atoms with Crippen molar-refractivity contribution in [2.24, 2.45) is 0 Å². The van der Waals surface area contributed by atoms with Gasteiger partial charge in [-0.15, -0.1) is 0 Å². The first-order valence-electron chi connectivity index (χ1n) is 5.05. The minimum atomic E-state index is -3.38. The Balaban J connectivity index is 2.16. The Morgan fingerprint density at radius 3 is 2.88 bits per heavy atom. The fourth-order valence-electron chi connectivity index (χ4n) is 1.66. The van der Waals surface area contributed by atoms with Crippen LogP contribution in [-0.2, 0) is 20.7 Å². The lowest BCUT2D eigenvalue weighted by Crippen LogP contribution is -2.05. The number of hydrogen-bond acceptors (Lipinski definition) is 3. The molecule has 0 unspecified atom stereocenters. The van der Waals surface area contributed by atoms with E-state index in [1.54, 1.807) is 6.07 Å². The van der Waals surface area contributed by atoms with Crippen molar-refractivity contribution in [3.05, 3.63) is 35.0 Å². The molecule has 2 rings (SSSR count). The highest BCUT2D eigenvalue weighted by molar-refractivity contribution is 7.85. The van der Waals surface area contributed by atoms with Gasteiger partial charge in [-0.2, -0.15) is 8.42 Å². The third kappa shape index (κ3) is 3.21. The van der Waals surface area contributed by atoms with E-state index in [2.05, 4.69) is 4.98 Å². The van der Waals surface area contributed by atoms with Crippen LogP contribution in [0.5, 0.6) is 0 Å². The Hall–Kier alpha value is -1.04. The topological polar surface area (TPSA) is 59.2 Å². The number of H-pyrrole nitrogens is 1. The van der Waals surface area contributed by atoms with Crippen molar-refractivity contribution in [2.75, 3.05) is 12.9 Å². The van der Waals surface area contributed by atoms with Gasteiger partial charge in [0, 0.05) is 22.1 Å². The number of aromatic nitrogens is 1. The fourth-order valence-corrected chi connectivity index (χ4v) is 2.22. The summed E-state index contributed by atoms with van der Waals surface area (Å²) in [6.45, 7) is 0.137. The number of hydrogen-bond donors (Lipinski definition) is 1. The summed E-state index contributed by atoms with van der Waals surface area (Å²) in [6, 6.07) is 5.54. The van der Waals surface area contributed by atoms with Crippen molar-refractivity contribution < 1.29 is 12.6 Å². The summed E-state index contributed by atoms with van der Waals surface area (Å²) in [5, 5.41) is 1.65. The van der Waals surface area contributed by atoms with Gasteiger partial charge >= 0.3 is 0 Å². The van der Waals surface area contributed by atoms with E-state index in [0.29, 0.717) is 11.4 Å². The maximum atomic E-state index is 10.8. The van der Waals surface area contributed by atoms with Gasteiger partial charge in [-0.05, 0) is 30.2 Å². The third-order valence-corrected chi connectivity index (χ3v) is 3.23. The largest absolute Gasteiger partial charge is 0.361 e. The molecular weight excluding hydrogens is 262 g/mol. The van der Waals surface area contributed by atoms with Gasteiger partial charge in [0.05, 0.1) is 12.9 Å². The van der Waals surface area contributed by atoms with Crippen LogP contribution < -0.4 is 0 Å². The van der Waals surface area contributed by atoms with E-state index in [1.165, 1.54) is 0 Å². The molecule has 0 amide bonds. The van der Waals surface area contributed by atoms with Gasteiger partial charge in [-0.3, -0.25) is 4.18 Å². The van der Waals surface area contributed by atoms with E-state index >= 15 is 0 Å². The zero-order valence-electron chi connectivity index (χ0n) is 9.23. The zero-order valence-corrected chi connectivity index (χ0v) is 10.8. The van der Waals surface area contributed by atoms with Gasteiger partial charge in [0.25, 0.3) is 10.1 Å². The summed E-state index contributed by atoms with van der Waals surface area (Å²) >= 11 is 5.91. The Bertz CT molecular complexity index is 633. The number of fused-ring (bicyclic) bond motifs is 1. The first kappa shape index (κ1) is 12.4. The molecule has 17 heavy (non-hydrogen) atoms. The zero-order chi connectivity index (χ0) is 12.5.